The fourth-order valence-corrected chi connectivity index (χ4v) is 3.79. The molecule has 0 N–H and O–H groups in total. The van der Waals surface area contributed by atoms with Crippen LogP contribution in [0, 0.1) is 11.7 Å². The summed E-state index contributed by atoms with van der Waals surface area (Å²) in [6.45, 7) is 1.25. The molecule has 5 heteroatoms. The van der Waals surface area contributed by atoms with Gasteiger partial charge < -0.3 is 4.90 Å². The fourth-order valence-electron chi connectivity index (χ4n) is 3.08. The minimum absolute atomic E-state index is 0.0562. The van der Waals surface area contributed by atoms with Crippen molar-refractivity contribution < 1.29 is 14.0 Å². The molecule has 1 fully saturated rings. The van der Waals surface area contributed by atoms with Crippen LogP contribution >= 0.6 is 11.3 Å². The Morgan fingerprint density at radius 1 is 1.12 bits per heavy atom. The molecule has 24 heavy (non-hydrogen) atoms. The number of aryl methyl sites for hydroxylation is 1. The maximum absolute atomic E-state index is 13.0. The Balaban J connectivity index is 1.49. The molecule has 1 saturated heterocycles. The van der Waals surface area contributed by atoms with Gasteiger partial charge in [0.15, 0.2) is 5.78 Å². The van der Waals surface area contributed by atoms with Crippen molar-refractivity contribution in [3.63, 3.8) is 0 Å². The Kier molecular flexibility index (Phi) is 5.41. The number of Topliss-reactive ketones (excluding diaryl/α,β-unsaturated/α-hetero) is 1. The van der Waals surface area contributed by atoms with E-state index in [1.807, 2.05) is 22.4 Å². The van der Waals surface area contributed by atoms with E-state index in [0.29, 0.717) is 37.9 Å². The lowest BCUT2D eigenvalue weighted by Gasteiger charge is -2.31. The zero-order valence-corrected chi connectivity index (χ0v) is 14.2. The first-order valence-electron chi connectivity index (χ1n) is 8.23. The molecule has 0 unspecified atom stereocenters. The van der Waals surface area contributed by atoms with Crippen molar-refractivity contribution in [2.45, 2.75) is 25.7 Å². The first kappa shape index (κ1) is 16.8. The van der Waals surface area contributed by atoms with Crippen LogP contribution in [0.2, 0.25) is 0 Å². The smallest absolute Gasteiger partial charge is 0.222 e. The van der Waals surface area contributed by atoms with E-state index < -0.39 is 0 Å². The average molecular weight is 345 g/mol. The highest BCUT2D eigenvalue weighted by Gasteiger charge is 2.27. The van der Waals surface area contributed by atoms with E-state index in [4.69, 9.17) is 0 Å². The van der Waals surface area contributed by atoms with Crippen LogP contribution in [0.4, 0.5) is 4.39 Å². The van der Waals surface area contributed by atoms with E-state index in [9.17, 15) is 14.0 Å². The Labute approximate surface area is 145 Å². The van der Waals surface area contributed by atoms with Gasteiger partial charge in [-0.1, -0.05) is 6.07 Å². The molecule has 1 aromatic carbocycles. The number of piperidine rings is 1. The van der Waals surface area contributed by atoms with E-state index in [0.717, 1.165) is 6.42 Å². The standard InChI is InChI=1S/C19H20FNO2S/c20-16-5-3-14(4-6-16)19(23)15-9-11-21(12-10-15)18(22)8-7-17-2-1-13-24-17/h1-6,13,15H,7-12H2. The van der Waals surface area contributed by atoms with Crippen LogP contribution in [0.3, 0.4) is 0 Å². The second-order valence-corrected chi connectivity index (χ2v) is 7.14. The normalized spacial score (nSPS) is 15.5. The average Bonchev–Trinajstić information content (AvgIpc) is 3.13. The summed E-state index contributed by atoms with van der Waals surface area (Å²) in [5.74, 6) is -0.189. The second kappa shape index (κ2) is 7.71. The van der Waals surface area contributed by atoms with Crippen molar-refractivity contribution in [1.82, 2.24) is 4.90 Å². The van der Waals surface area contributed by atoms with E-state index >= 15 is 0 Å². The number of nitrogens with zero attached hydrogens (tertiary/aromatic N) is 1. The molecule has 1 aliphatic rings. The lowest BCUT2D eigenvalue weighted by molar-refractivity contribution is -0.132. The monoisotopic (exact) mass is 345 g/mol. The molecular weight excluding hydrogens is 325 g/mol. The van der Waals surface area contributed by atoms with Crippen molar-refractivity contribution in [2.24, 2.45) is 5.92 Å². The Bertz CT molecular complexity index is 689. The summed E-state index contributed by atoms with van der Waals surface area (Å²) in [5, 5.41) is 2.02. The summed E-state index contributed by atoms with van der Waals surface area (Å²) < 4.78 is 13.0. The highest BCUT2D eigenvalue weighted by atomic mass is 32.1. The van der Waals surface area contributed by atoms with Crippen LogP contribution in [-0.2, 0) is 11.2 Å². The molecular formula is C19H20FNO2S. The van der Waals surface area contributed by atoms with E-state index in [-0.39, 0.29) is 23.4 Å². The van der Waals surface area contributed by atoms with Gasteiger partial charge in [-0.3, -0.25) is 9.59 Å². The first-order chi connectivity index (χ1) is 11.6. The summed E-state index contributed by atoms with van der Waals surface area (Å²) in [4.78, 5) is 27.8. The topological polar surface area (TPSA) is 37.4 Å². The summed E-state index contributed by atoms with van der Waals surface area (Å²) in [6, 6.07) is 9.75. The number of carbonyl (C=O) groups is 2. The third-order valence-corrected chi connectivity index (χ3v) is 5.45. The molecule has 0 bridgehead atoms. The van der Waals surface area contributed by atoms with Gasteiger partial charge in [0.05, 0.1) is 0 Å². The molecule has 0 spiro atoms. The number of benzene rings is 1. The van der Waals surface area contributed by atoms with Gasteiger partial charge in [-0.25, -0.2) is 4.39 Å². The number of ketones is 1. The maximum atomic E-state index is 13.0. The van der Waals surface area contributed by atoms with Gasteiger partial charge in [0, 0.05) is 35.9 Å². The molecule has 1 aliphatic heterocycles. The van der Waals surface area contributed by atoms with Gasteiger partial charge in [0.25, 0.3) is 0 Å². The SMILES string of the molecule is O=C(c1ccc(F)cc1)C1CCN(C(=O)CCc2cccs2)CC1. The fraction of sp³-hybridized carbons (Fsp3) is 0.368. The highest BCUT2D eigenvalue weighted by molar-refractivity contribution is 7.09. The van der Waals surface area contributed by atoms with Crippen LogP contribution in [0.5, 0.6) is 0 Å². The molecule has 0 aliphatic carbocycles. The Hall–Kier alpha value is -2.01. The summed E-state index contributed by atoms with van der Waals surface area (Å²) in [7, 11) is 0. The summed E-state index contributed by atoms with van der Waals surface area (Å²) in [6.07, 6.45) is 2.67. The number of carbonyl (C=O) groups excluding carboxylic acids is 2. The van der Waals surface area contributed by atoms with Crippen LogP contribution in [0.15, 0.2) is 41.8 Å². The molecule has 2 heterocycles. The molecule has 1 amide bonds. The lowest BCUT2D eigenvalue weighted by atomic mass is 9.89. The quantitative estimate of drug-likeness (QED) is 0.770. The van der Waals surface area contributed by atoms with Crippen molar-refractivity contribution in [3.05, 3.63) is 58.0 Å². The molecule has 1 aromatic heterocycles. The van der Waals surface area contributed by atoms with Gasteiger partial charge in [-0.05, 0) is 55.0 Å². The van der Waals surface area contributed by atoms with Gasteiger partial charge in [0.2, 0.25) is 5.91 Å². The summed E-state index contributed by atoms with van der Waals surface area (Å²) in [5.41, 5.74) is 0.555. The molecule has 3 nitrogen and oxygen atoms in total. The van der Waals surface area contributed by atoms with Gasteiger partial charge >= 0.3 is 0 Å². The van der Waals surface area contributed by atoms with Crippen molar-refractivity contribution in [2.75, 3.05) is 13.1 Å². The number of halogens is 1. The Morgan fingerprint density at radius 2 is 1.83 bits per heavy atom. The molecule has 2 aromatic rings. The molecule has 0 saturated carbocycles. The largest absolute Gasteiger partial charge is 0.343 e. The van der Waals surface area contributed by atoms with Crippen LogP contribution < -0.4 is 0 Å². The van der Waals surface area contributed by atoms with Crippen LogP contribution in [-0.4, -0.2) is 29.7 Å². The van der Waals surface area contributed by atoms with Crippen molar-refractivity contribution in [3.8, 4) is 0 Å². The number of thiophene rings is 1. The predicted octanol–water partition coefficient (Wildman–Crippen LogP) is 3.94. The maximum Gasteiger partial charge on any atom is 0.222 e. The number of hydrogen-bond donors (Lipinski definition) is 0. The van der Waals surface area contributed by atoms with E-state index in [1.165, 1.54) is 29.1 Å². The minimum atomic E-state index is -0.335. The van der Waals surface area contributed by atoms with Crippen LogP contribution in [0.1, 0.15) is 34.5 Å². The third-order valence-electron chi connectivity index (χ3n) is 4.51. The third kappa shape index (κ3) is 4.09. The van der Waals surface area contributed by atoms with E-state index in [2.05, 4.69) is 0 Å². The molecule has 3 rings (SSSR count). The van der Waals surface area contributed by atoms with E-state index in [1.54, 1.807) is 11.3 Å². The number of hydrogen-bond acceptors (Lipinski definition) is 3. The van der Waals surface area contributed by atoms with Crippen molar-refractivity contribution in [1.29, 1.82) is 0 Å². The zero-order valence-electron chi connectivity index (χ0n) is 13.4. The predicted molar refractivity (Wildman–Crippen MR) is 92.7 cm³/mol. The van der Waals surface area contributed by atoms with Gasteiger partial charge in [-0.2, -0.15) is 0 Å². The molecule has 0 atom stereocenters. The first-order valence-corrected chi connectivity index (χ1v) is 9.11. The second-order valence-electron chi connectivity index (χ2n) is 6.11. The number of rotatable bonds is 5. The Morgan fingerprint density at radius 3 is 2.46 bits per heavy atom. The molecule has 126 valence electrons. The molecule has 0 radical (unpaired) electrons. The zero-order chi connectivity index (χ0) is 16.9. The van der Waals surface area contributed by atoms with Gasteiger partial charge in [0.1, 0.15) is 5.82 Å². The van der Waals surface area contributed by atoms with Gasteiger partial charge in [-0.15, -0.1) is 11.3 Å². The van der Waals surface area contributed by atoms with Crippen LogP contribution in [0.25, 0.3) is 0 Å². The number of likely N-dealkylation sites (tertiary alicyclic amines) is 1. The summed E-state index contributed by atoms with van der Waals surface area (Å²) >= 11 is 1.67. The highest BCUT2D eigenvalue weighted by Crippen LogP contribution is 2.23. The van der Waals surface area contributed by atoms with Crippen molar-refractivity contribution >= 4 is 23.0 Å². The minimum Gasteiger partial charge on any atom is -0.343 e. The lowest BCUT2D eigenvalue weighted by Crippen LogP contribution is -2.40. The number of amides is 1.